The van der Waals surface area contributed by atoms with E-state index in [1.165, 1.54) is 12.5 Å². The molecule has 2 fully saturated rings. The highest BCUT2D eigenvalue weighted by Gasteiger charge is 2.50. The average Bonchev–Trinajstić information content (AvgIpc) is 3.53. The van der Waals surface area contributed by atoms with Crippen molar-refractivity contribution in [3.63, 3.8) is 0 Å². The largest absolute Gasteiger partial charge is 0.509 e. The molecule has 1 aromatic rings. The normalized spacial score (nSPS) is 27.5. The maximum atomic E-state index is 13.6. The van der Waals surface area contributed by atoms with Gasteiger partial charge >= 0.3 is 0 Å². The number of hydrogen-bond donors (Lipinski definition) is 2. The average molecular weight is 430 g/mol. The molecular formula is C22H27N3O4S. The molecule has 0 spiro atoms. The van der Waals surface area contributed by atoms with Gasteiger partial charge in [0, 0.05) is 6.04 Å². The first-order valence-electron chi connectivity index (χ1n) is 10.9. The number of rotatable bonds is 4. The summed E-state index contributed by atoms with van der Waals surface area (Å²) in [6.07, 6.45) is 7.44. The molecule has 160 valence electrons. The van der Waals surface area contributed by atoms with Gasteiger partial charge in [0.25, 0.3) is 15.9 Å². The molecule has 2 aliphatic carbocycles. The second-order valence-corrected chi connectivity index (χ2v) is 10.5. The van der Waals surface area contributed by atoms with Gasteiger partial charge in [0.05, 0.1) is 11.7 Å². The number of sulfonamides is 1. The van der Waals surface area contributed by atoms with Crippen molar-refractivity contribution in [2.45, 2.75) is 68.8 Å². The smallest absolute Gasteiger partial charge is 0.286 e. The summed E-state index contributed by atoms with van der Waals surface area (Å²) in [5.41, 5.74) is 0.384. The van der Waals surface area contributed by atoms with Gasteiger partial charge < -0.3 is 15.3 Å². The van der Waals surface area contributed by atoms with Crippen LogP contribution >= 0.6 is 0 Å². The van der Waals surface area contributed by atoms with Gasteiger partial charge in [0.15, 0.2) is 5.84 Å². The highest BCUT2D eigenvalue weighted by atomic mass is 32.2. The predicted molar refractivity (Wildman–Crippen MR) is 114 cm³/mol. The number of para-hydroxylation sites is 1. The number of nitrogens with one attached hydrogen (secondary N) is 1. The zero-order valence-electron chi connectivity index (χ0n) is 17.0. The molecule has 7 nitrogen and oxygen atoms in total. The van der Waals surface area contributed by atoms with E-state index in [2.05, 4.69) is 9.71 Å². The monoisotopic (exact) mass is 429 g/mol. The molecule has 30 heavy (non-hydrogen) atoms. The second kappa shape index (κ2) is 7.11. The van der Waals surface area contributed by atoms with Crippen molar-refractivity contribution in [3.05, 3.63) is 35.6 Å². The fraction of sp³-hybridized carbons (Fsp3) is 0.545. The molecule has 8 heteroatoms. The first kappa shape index (κ1) is 19.6. The number of anilines is 1. The molecule has 0 radical (unpaired) electrons. The number of aliphatic hydroxyl groups is 1. The lowest BCUT2D eigenvalue weighted by atomic mass is 9.82. The molecule has 5 rings (SSSR count). The van der Waals surface area contributed by atoms with Crippen LogP contribution in [0.3, 0.4) is 0 Å². The first-order chi connectivity index (χ1) is 14.4. The van der Waals surface area contributed by atoms with E-state index in [9.17, 15) is 18.3 Å². The Morgan fingerprint density at radius 1 is 1.13 bits per heavy atom. The summed E-state index contributed by atoms with van der Waals surface area (Å²) in [6, 6.07) is 6.09. The fourth-order valence-corrected chi connectivity index (χ4v) is 6.36. The first-order valence-corrected chi connectivity index (χ1v) is 12.3. The third-order valence-corrected chi connectivity index (χ3v) is 8.32. The van der Waals surface area contributed by atoms with Crippen LogP contribution in [-0.2, 0) is 14.8 Å². The fourth-order valence-electron chi connectivity index (χ4n) is 5.23. The van der Waals surface area contributed by atoms with Gasteiger partial charge in [-0.1, -0.05) is 31.4 Å². The van der Waals surface area contributed by atoms with Gasteiger partial charge in [-0.3, -0.25) is 4.79 Å². The third-order valence-electron chi connectivity index (χ3n) is 6.99. The van der Waals surface area contributed by atoms with Crippen molar-refractivity contribution in [3.8, 4) is 0 Å². The van der Waals surface area contributed by atoms with Crippen molar-refractivity contribution in [1.29, 1.82) is 0 Å². The Kier molecular flexibility index (Phi) is 4.65. The van der Waals surface area contributed by atoms with E-state index in [0.29, 0.717) is 11.6 Å². The Bertz CT molecular complexity index is 1050. The maximum Gasteiger partial charge on any atom is 0.286 e. The van der Waals surface area contributed by atoms with E-state index < -0.39 is 16.1 Å². The third kappa shape index (κ3) is 3.12. The lowest BCUT2D eigenvalue weighted by molar-refractivity contribution is -0.130. The summed E-state index contributed by atoms with van der Waals surface area (Å²) >= 11 is 0. The highest BCUT2D eigenvalue weighted by Crippen LogP contribution is 2.44. The van der Waals surface area contributed by atoms with Crippen LogP contribution in [0.25, 0.3) is 0 Å². The second-order valence-electron chi connectivity index (χ2n) is 8.93. The molecule has 2 atom stereocenters. The molecule has 4 aliphatic rings. The van der Waals surface area contributed by atoms with Gasteiger partial charge in [0.2, 0.25) is 0 Å². The zero-order valence-corrected chi connectivity index (χ0v) is 17.9. The molecule has 0 saturated heterocycles. The number of hydrogen-bond acceptors (Lipinski definition) is 5. The quantitative estimate of drug-likeness (QED) is 0.762. The molecule has 1 aromatic carbocycles. The summed E-state index contributed by atoms with van der Waals surface area (Å²) in [5.74, 6) is 0.221. The molecule has 2 saturated carbocycles. The van der Waals surface area contributed by atoms with E-state index in [4.69, 9.17) is 0 Å². The molecule has 2 unspecified atom stereocenters. The lowest BCUT2D eigenvalue weighted by Gasteiger charge is -2.37. The van der Waals surface area contributed by atoms with Crippen molar-refractivity contribution in [2.75, 3.05) is 5.32 Å². The van der Waals surface area contributed by atoms with E-state index in [1.807, 2.05) is 11.8 Å². The number of aliphatic hydroxyl groups excluding tert-OH is 1. The summed E-state index contributed by atoms with van der Waals surface area (Å²) in [7, 11) is -3.95. The van der Waals surface area contributed by atoms with Crippen molar-refractivity contribution in [1.82, 2.24) is 4.90 Å². The number of amidine groups is 1. The molecule has 1 amide bonds. The van der Waals surface area contributed by atoms with Gasteiger partial charge in [-0.15, -0.1) is 4.40 Å². The molecule has 2 N–H and O–H groups in total. The van der Waals surface area contributed by atoms with Crippen LogP contribution in [0, 0.1) is 11.8 Å². The summed E-state index contributed by atoms with van der Waals surface area (Å²) in [5, 5.41) is 14.3. The van der Waals surface area contributed by atoms with Crippen LogP contribution < -0.4 is 5.32 Å². The van der Waals surface area contributed by atoms with Crippen LogP contribution in [0.2, 0.25) is 0 Å². The molecule has 2 heterocycles. The van der Waals surface area contributed by atoms with Crippen LogP contribution in [0.5, 0.6) is 0 Å². The van der Waals surface area contributed by atoms with Crippen molar-refractivity contribution in [2.24, 2.45) is 16.2 Å². The minimum absolute atomic E-state index is 0.0103. The Hall–Kier alpha value is -2.35. The van der Waals surface area contributed by atoms with E-state index in [-0.39, 0.29) is 39.9 Å². The van der Waals surface area contributed by atoms with Crippen molar-refractivity contribution >= 4 is 27.5 Å². The number of carbonyl (C=O) groups excluding carboxylic acids is 1. The van der Waals surface area contributed by atoms with Gasteiger partial charge in [-0.25, -0.2) is 0 Å². The number of amides is 1. The minimum Gasteiger partial charge on any atom is -0.509 e. The molecular weight excluding hydrogens is 402 g/mol. The lowest BCUT2D eigenvalue weighted by Crippen LogP contribution is -2.47. The van der Waals surface area contributed by atoms with Crippen LogP contribution in [0.4, 0.5) is 5.69 Å². The Labute approximate surface area is 176 Å². The van der Waals surface area contributed by atoms with Crippen LogP contribution in [0.15, 0.2) is 44.9 Å². The summed E-state index contributed by atoms with van der Waals surface area (Å²) in [6.45, 7) is 2.05. The number of carbonyl (C=O) groups is 1. The Balaban J connectivity index is 1.57. The molecule has 2 aliphatic heterocycles. The van der Waals surface area contributed by atoms with Gasteiger partial charge in [-0.2, -0.15) is 8.42 Å². The SMILES string of the molecule is CC(C1CC1)N1C(=O)C(C2=NS(=O)(=O)c3ccccc3N2)=C(O)C1C1CCCCC1. The van der Waals surface area contributed by atoms with Crippen molar-refractivity contribution < 1.29 is 18.3 Å². The predicted octanol–water partition coefficient (Wildman–Crippen LogP) is 3.60. The summed E-state index contributed by atoms with van der Waals surface area (Å²) < 4.78 is 29.3. The minimum atomic E-state index is -3.95. The van der Waals surface area contributed by atoms with E-state index in [1.54, 1.807) is 18.2 Å². The van der Waals surface area contributed by atoms with Gasteiger partial charge in [-0.05, 0) is 56.6 Å². The van der Waals surface area contributed by atoms with Gasteiger partial charge in [0.1, 0.15) is 16.2 Å². The van der Waals surface area contributed by atoms with Crippen LogP contribution in [-0.4, -0.2) is 42.3 Å². The van der Waals surface area contributed by atoms with Crippen LogP contribution in [0.1, 0.15) is 51.9 Å². The molecule has 0 aromatic heterocycles. The van der Waals surface area contributed by atoms with E-state index >= 15 is 0 Å². The summed E-state index contributed by atoms with van der Waals surface area (Å²) in [4.78, 5) is 15.4. The number of nitrogens with zero attached hydrogens (tertiary/aromatic N) is 2. The molecule has 0 bridgehead atoms. The standard InChI is InChI=1S/C22H27N3O4S/c1-13(14-11-12-14)25-19(15-7-3-2-4-8-15)20(26)18(22(25)27)21-23-16-9-5-6-10-17(16)30(28,29)24-21/h5-6,9-10,13-15,19,26H,2-4,7-8,11-12H2,1H3,(H,23,24). The Morgan fingerprint density at radius 2 is 1.83 bits per heavy atom. The highest BCUT2D eigenvalue weighted by molar-refractivity contribution is 7.90. The van der Waals surface area contributed by atoms with E-state index in [0.717, 1.165) is 38.5 Å². The number of fused-ring (bicyclic) bond motifs is 1. The Morgan fingerprint density at radius 3 is 2.53 bits per heavy atom. The number of benzene rings is 1. The topological polar surface area (TPSA) is 99.1 Å². The maximum absolute atomic E-state index is 13.6. The zero-order chi connectivity index (χ0) is 21.0.